The van der Waals surface area contributed by atoms with Crippen molar-refractivity contribution in [3.8, 4) is 0 Å². The standard InChI is InChI=1S/C20H20FN3O2S/c1-12-9-17(13(2)24(12)11-16-5-4-8-27-16)20(26)23-19-10-15(22-14(3)25)6-7-18(19)21/h4-10H,11H2,1-3H3,(H,22,25)(H,23,26). The second kappa shape index (κ2) is 7.75. The van der Waals surface area contributed by atoms with E-state index in [-0.39, 0.29) is 17.5 Å². The maximum atomic E-state index is 14.1. The van der Waals surface area contributed by atoms with Gasteiger partial charge in [-0.25, -0.2) is 4.39 Å². The number of thiophene rings is 1. The van der Waals surface area contributed by atoms with Crippen LogP contribution in [0.2, 0.25) is 0 Å². The molecule has 2 N–H and O–H groups in total. The van der Waals surface area contributed by atoms with E-state index < -0.39 is 5.82 Å². The molecule has 0 aliphatic carbocycles. The summed E-state index contributed by atoms with van der Waals surface area (Å²) in [4.78, 5) is 25.1. The predicted octanol–water partition coefficient (Wildman–Crippen LogP) is 4.56. The normalized spacial score (nSPS) is 10.7. The van der Waals surface area contributed by atoms with E-state index in [2.05, 4.69) is 15.2 Å². The van der Waals surface area contributed by atoms with E-state index in [0.29, 0.717) is 17.8 Å². The summed E-state index contributed by atoms with van der Waals surface area (Å²) in [5.41, 5.74) is 2.71. The second-order valence-electron chi connectivity index (χ2n) is 6.28. The van der Waals surface area contributed by atoms with E-state index in [1.165, 1.54) is 30.0 Å². The molecule has 2 amide bonds. The molecule has 140 valence electrons. The van der Waals surface area contributed by atoms with Crippen LogP contribution in [0.15, 0.2) is 41.8 Å². The minimum Gasteiger partial charge on any atom is -0.343 e. The first-order chi connectivity index (χ1) is 12.8. The van der Waals surface area contributed by atoms with Crippen LogP contribution in [0.3, 0.4) is 0 Å². The number of carbonyl (C=O) groups is 2. The molecule has 0 unspecified atom stereocenters. The lowest BCUT2D eigenvalue weighted by atomic mass is 10.2. The Labute approximate surface area is 160 Å². The molecule has 2 aromatic heterocycles. The van der Waals surface area contributed by atoms with Gasteiger partial charge < -0.3 is 15.2 Å². The Morgan fingerprint density at radius 1 is 1.15 bits per heavy atom. The van der Waals surface area contributed by atoms with Crippen molar-refractivity contribution in [2.24, 2.45) is 0 Å². The molecule has 7 heteroatoms. The van der Waals surface area contributed by atoms with E-state index >= 15 is 0 Å². The molecule has 0 aliphatic heterocycles. The zero-order valence-corrected chi connectivity index (χ0v) is 16.1. The molecular weight excluding hydrogens is 365 g/mol. The number of halogens is 1. The van der Waals surface area contributed by atoms with Crippen molar-refractivity contribution >= 4 is 34.5 Å². The fraction of sp³-hybridized carbons (Fsp3) is 0.200. The lowest BCUT2D eigenvalue weighted by molar-refractivity contribution is -0.114. The molecule has 0 saturated carbocycles. The number of hydrogen-bond acceptors (Lipinski definition) is 3. The van der Waals surface area contributed by atoms with Crippen LogP contribution in [0.4, 0.5) is 15.8 Å². The van der Waals surface area contributed by atoms with Gasteiger partial charge in [0.1, 0.15) is 5.82 Å². The highest BCUT2D eigenvalue weighted by Gasteiger charge is 2.18. The van der Waals surface area contributed by atoms with Crippen LogP contribution in [-0.2, 0) is 11.3 Å². The Bertz CT molecular complexity index is 993. The maximum absolute atomic E-state index is 14.1. The number of nitrogens with zero attached hydrogens (tertiary/aromatic N) is 1. The van der Waals surface area contributed by atoms with E-state index in [0.717, 1.165) is 11.4 Å². The number of aromatic nitrogens is 1. The van der Waals surface area contributed by atoms with Gasteiger partial charge in [-0.1, -0.05) is 6.07 Å². The van der Waals surface area contributed by atoms with Gasteiger partial charge in [0.25, 0.3) is 5.91 Å². The zero-order valence-electron chi connectivity index (χ0n) is 15.3. The monoisotopic (exact) mass is 385 g/mol. The van der Waals surface area contributed by atoms with Gasteiger partial charge in [-0.15, -0.1) is 11.3 Å². The van der Waals surface area contributed by atoms with Gasteiger partial charge in [0, 0.05) is 28.9 Å². The molecule has 0 saturated heterocycles. The summed E-state index contributed by atoms with van der Waals surface area (Å²) in [6, 6.07) is 9.90. The molecular formula is C20H20FN3O2S. The van der Waals surface area contributed by atoms with E-state index in [1.807, 2.05) is 31.4 Å². The van der Waals surface area contributed by atoms with Crippen molar-refractivity contribution in [3.63, 3.8) is 0 Å². The Morgan fingerprint density at radius 2 is 1.93 bits per heavy atom. The third-order valence-electron chi connectivity index (χ3n) is 4.25. The van der Waals surface area contributed by atoms with Crippen LogP contribution in [0.25, 0.3) is 0 Å². The number of hydrogen-bond donors (Lipinski definition) is 2. The second-order valence-corrected chi connectivity index (χ2v) is 7.31. The van der Waals surface area contributed by atoms with Crippen LogP contribution >= 0.6 is 11.3 Å². The molecule has 0 atom stereocenters. The number of nitrogens with one attached hydrogen (secondary N) is 2. The van der Waals surface area contributed by atoms with Crippen molar-refractivity contribution in [2.45, 2.75) is 27.3 Å². The fourth-order valence-electron chi connectivity index (χ4n) is 2.92. The summed E-state index contributed by atoms with van der Waals surface area (Å²) in [6.07, 6.45) is 0. The summed E-state index contributed by atoms with van der Waals surface area (Å²) in [5.74, 6) is -1.22. The van der Waals surface area contributed by atoms with Crippen LogP contribution in [0.1, 0.15) is 33.5 Å². The first-order valence-corrected chi connectivity index (χ1v) is 9.30. The topological polar surface area (TPSA) is 63.1 Å². The molecule has 5 nitrogen and oxygen atoms in total. The summed E-state index contributed by atoms with van der Waals surface area (Å²) in [7, 11) is 0. The molecule has 27 heavy (non-hydrogen) atoms. The summed E-state index contributed by atoms with van der Waals surface area (Å²) in [6.45, 7) is 5.87. The molecule has 3 aromatic rings. The SMILES string of the molecule is CC(=O)Nc1ccc(F)c(NC(=O)c2cc(C)n(Cc3cccs3)c2C)c1. The molecule has 2 heterocycles. The number of aryl methyl sites for hydroxylation is 1. The molecule has 0 bridgehead atoms. The third kappa shape index (κ3) is 4.25. The average Bonchev–Trinajstić information content (AvgIpc) is 3.21. The average molecular weight is 385 g/mol. The number of benzene rings is 1. The summed E-state index contributed by atoms with van der Waals surface area (Å²) >= 11 is 1.66. The van der Waals surface area contributed by atoms with Gasteiger partial charge in [-0.2, -0.15) is 0 Å². The van der Waals surface area contributed by atoms with Gasteiger partial charge in [-0.05, 0) is 49.6 Å². The number of rotatable bonds is 5. The van der Waals surface area contributed by atoms with Gasteiger partial charge >= 0.3 is 0 Å². The summed E-state index contributed by atoms with van der Waals surface area (Å²) in [5, 5.41) is 7.20. The maximum Gasteiger partial charge on any atom is 0.257 e. The van der Waals surface area contributed by atoms with Crippen LogP contribution < -0.4 is 10.6 Å². The number of carbonyl (C=O) groups excluding carboxylic acids is 2. The Kier molecular flexibility index (Phi) is 5.41. The van der Waals surface area contributed by atoms with Crippen molar-refractivity contribution in [2.75, 3.05) is 10.6 Å². The Balaban J connectivity index is 1.84. The Hall–Kier alpha value is -2.93. The molecule has 0 fully saturated rings. The van der Waals surface area contributed by atoms with Crippen molar-refractivity contribution < 1.29 is 14.0 Å². The highest BCUT2D eigenvalue weighted by atomic mass is 32.1. The molecule has 0 aliphatic rings. The van der Waals surface area contributed by atoms with Gasteiger partial charge in [0.15, 0.2) is 0 Å². The number of amides is 2. The van der Waals surface area contributed by atoms with Crippen LogP contribution in [-0.4, -0.2) is 16.4 Å². The van der Waals surface area contributed by atoms with Crippen LogP contribution in [0.5, 0.6) is 0 Å². The molecule has 0 spiro atoms. The summed E-state index contributed by atoms with van der Waals surface area (Å²) < 4.78 is 16.1. The first kappa shape index (κ1) is 18.8. The first-order valence-electron chi connectivity index (χ1n) is 8.42. The minimum atomic E-state index is -0.565. The van der Waals surface area contributed by atoms with Gasteiger partial charge in [0.05, 0.1) is 17.8 Å². The van der Waals surface area contributed by atoms with Crippen LogP contribution in [0, 0.1) is 19.7 Å². The smallest absolute Gasteiger partial charge is 0.257 e. The highest BCUT2D eigenvalue weighted by Crippen LogP contribution is 2.23. The molecule has 3 rings (SSSR count). The quantitative estimate of drug-likeness (QED) is 0.676. The lowest BCUT2D eigenvalue weighted by Crippen LogP contribution is -2.15. The molecule has 0 radical (unpaired) electrons. The third-order valence-corrected chi connectivity index (χ3v) is 5.11. The fourth-order valence-corrected chi connectivity index (χ4v) is 3.62. The van der Waals surface area contributed by atoms with E-state index in [1.54, 1.807) is 17.4 Å². The Morgan fingerprint density at radius 3 is 2.59 bits per heavy atom. The lowest BCUT2D eigenvalue weighted by Gasteiger charge is -2.10. The van der Waals surface area contributed by atoms with Crippen molar-refractivity contribution in [1.82, 2.24) is 4.57 Å². The highest BCUT2D eigenvalue weighted by molar-refractivity contribution is 7.09. The molecule has 1 aromatic carbocycles. The zero-order chi connectivity index (χ0) is 19.6. The van der Waals surface area contributed by atoms with E-state index in [9.17, 15) is 14.0 Å². The van der Waals surface area contributed by atoms with Gasteiger partial charge in [-0.3, -0.25) is 9.59 Å². The van der Waals surface area contributed by atoms with Gasteiger partial charge in [0.2, 0.25) is 5.91 Å². The van der Waals surface area contributed by atoms with Crippen molar-refractivity contribution in [1.29, 1.82) is 0 Å². The number of anilines is 2. The van der Waals surface area contributed by atoms with Crippen molar-refractivity contribution in [3.05, 3.63) is 69.4 Å². The minimum absolute atomic E-state index is 0.0225. The predicted molar refractivity (Wildman–Crippen MR) is 106 cm³/mol. The largest absolute Gasteiger partial charge is 0.343 e. The van der Waals surface area contributed by atoms with E-state index in [4.69, 9.17) is 0 Å².